The van der Waals surface area contributed by atoms with Crippen LogP contribution in [0.25, 0.3) is 0 Å². The molecule has 1 aromatic heterocycles. The van der Waals surface area contributed by atoms with Crippen LogP contribution in [0.2, 0.25) is 0 Å². The Hall–Kier alpha value is -2.26. The van der Waals surface area contributed by atoms with E-state index < -0.39 is 4.92 Å². The van der Waals surface area contributed by atoms with E-state index in [1.54, 1.807) is 12.3 Å². The van der Waals surface area contributed by atoms with Crippen molar-refractivity contribution >= 4 is 17.4 Å². The van der Waals surface area contributed by atoms with Gasteiger partial charge in [0, 0.05) is 51.5 Å². The number of nitrogens with zero attached hydrogens (tertiary/aromatic N) is 5. The number of amides is 1. The number of nitro groups is 1. The lowest BCUT2D eigenvalue weighted by molar-refractivity contribution is -0.384. The maximum atomic E-state index is 12.4. The van der Waals surface area contributed by atoms with E-state index in [4.69, 9.17) is 4.74 Å². The number of carbonyl (C=O) groups excluding carboxylic acids is 1. The van der Waals surface area contributed by atoms with Gasteiger partial charge in [-0.1, -0.05) is 0 Å². The fourth-order valence-corrected chi connectivity index (χ4v) is 2.99. The number of hydrogen-bond donors (Lipinski definition) is 0. The van der Waals surface area contributed by atoms with Crippen molar-refractivity contribution in [1.82, 2.24) is 14.8 Å². The molecule has 2 saturated heterocycles. The Balaban J connectivity index is 1.56. The minimum Gasteiger partial charge on any atom is -0.379 e. The normalized spacial score (nSPS) is 19.3. The zero-order valence-electron chi connectivity index (χ0n) is 13.5. The Labute approximate surface area is 139 Å². The molecule has 0 atom stereocenters. The lowest BCUT2D eigenvalue weighted by Gasteiger charge is -2.36. The van der Waals surface area contributed by atoms with E-state index in [1.165, 1.54) is 6.07 Å². The predicted molar refractivity (Wildman–Crippen MR) is 86.9 cm³/mol. The van der Waals surface area contributed by atoms with Crippen LogP contribution in [0.3, 0.4) is 0 Å². The molecule has 1 amide bonds. The molecule has 0 radical (unpaired) electrons. The van der Waals surface area contributed by atoms with Crippen LogP contribution in [0.4, 0.5) is 11.5 Å². The molecule has 3 heterocycles. The monoisotopic (exact) mass is 335 g/mol. The zero-order valence-corrected chi connectivity index (χ0v) is 13.5. The third-order valence-electron chi connectivity index (χ3n) is 4.36. The molecule has 0 bridgehead atoms. The summed E-state index contributed by atoms with van der Waals surface area (Å²) in [6.45, 7) is 5.52. The van der Waals surface area contributed by atoms with Crippen LogP contribution in [0, 0.1) is 10.1 Å². The molecule has 0 aliphatic carbocycles. The largest absolute Gasteiger partial charge is 0.379 e. The second kappa shape index (κ2) is 7.54. The second-order valence-corrected chi connectivity index (χ2v) is 5.86. The summed E-state index contributed by atoms with van der Waals surface area (Å²) in [5.41, 5.74) is 0.00518. The van der Waals surface area contributed by atoms with E-state index in [9.17, 15) is 14.9 Å². The molecule has 2 fully saturated rings. The summed E-state index contributed by atoms with van der Waals surface area (Å²) >= 11 is 0. The maximum absolute atomic E-state index is 12.4. The maximum Gasteiger partial charge on any atom is 0.311 e. The van der Waals surface area contributed by atoms with E-state index in [-0.39, 0.29) is 11.6 Å². The fourth-order valence-electron chi connectivity index (χ4n) is 2.99. The average Bonchev–Trinajstić information content (AvgIpc) is 2.62. The molecule has 24 heavy (non-hydrogen) atoms. The molecular weight excluding hydrogens is 314 g/mol. The molecule has 2 aliphatic heterocycles. The molecule has 0 N–H and O–H groups in total. The van der Waals surface area contributed by atoms with Gasteiger partial charge in [0.2, 0.25) is 11.7 Å². The quantitative estimate of drug-likeness (QED) is 0.563. The SMILES string of the molecule is O=C(CN1CCOCC1)N1CCN(c2ncccc2[N+](=O)[O-])CC1. The van der Waals surface area contributed by atoms with E-state index in [2.05, 4.69) is 9.88 Å². The first-order valence-electron chi connectivity index (χ1n) is 8.07. The first-order valence-corrected chi connectivity index (χ1v) is 8.07. The van der Waals surface area contributed by atoms with Crippen molar-refractivity contribution in [1.29, 1.82) is 0 Å². The van der Waals surface area contributed by atoms with Crippen molar-refractivity contribution in [2.75, 3.05) is 63.9 Å². The third kappa shape index (κ3) is 3.80. The third-order valence-corrected chi connectivity index (χ3v) is 4.36. The highest BCUT2D eigenvalue weighted by Gasteiger charge is 2.27. The molecule has 3 rings (SSSR count). The Kier molecular flexibility index (Phi) is 5.21. The number of aromatic nitrogens is 1. The molecule has 2 aliphatic rings. The van der Waals surface area contributed by atoms with Crippen molar-refractivity contribution in [2.24, 2.45) is 0 Å². The topological polar surface area (TPSA) is 92.1 Å². The summed E-state index contributed by atoms with van der Waals surface area (Å²) in [6, 6.07) is 3.02. The molecule has 1 aromatic rings. The van der Waals surface area contributed by atoms with Gasteiger partial charge in [0.15, 0.2) is 0 Å². The van der Waals surface area contributed by atoms with Crippen LogP contribution in [0.1, 0.15) is 0 Å². The summed E-state index contributed by atoms with van der Waals surface area (Å²) in [5, 5.41) is 11.1. The van der Waals surface area contributed by atoms with Crippen LogP contribution < -0.4 is 4.90 Å². The molecule has 130 valence electrons. The Morgan fingerprint density at radius 3 is 2.58 bits per heavy atom. The lowest BCUT2D eigenvalue weighted by atomic mass is 10.2. The van der Waals surface area contributed by atoms with Gasteiger partial charge in [-0.25, -0.2) is 4.98 Å². The van der Waals surface area contributed by atoms with Crippen LogP contribution in [-0.4, -0.2) is 84.6 Å². The van der Waals surface area contributed by atoms with Crippen LogP contribution in [-0.2, 0) is 9.53 Å². The number of hydrogen-bond acceptors (Lipinski definition) is 7. The minimum absolute atomic E-state index is 0.00518. The lowest BCUT2D eigenvalue weighted by Crippen LogP contribution is -2.52. The average molecular weight is 335 g/mol. The number of anilines is 1. The standard InChI is InChI=1S/C15H21N5O4/c21-14(12-17-8-10-24-11-9-17)18-4-6-19(7-5-18)15-13(20(22)23)2-1-3-16-15/h1-3H,4-12H2. The number of pyridine rings is 1. The van der Waals surface area contributed by atoms with E-state index in [1.807, 2.05) is 9.80 Å². The van der Waals surface area contributed by atoms with Crippen molar-refractivity contribution in [3.8, 4) is 0 Å². The van der Waals surface area contributed by atoms with Crippen molar-refractivity contribution in [2.45, 2.75) is 0 Å². The zero-order chi connectivity index (χ0) is 16.9. The summed E-state index contributed by atoms with van der Waals surface area (Å²) < 4.78 is 5.29. The Morgan fingerprint density at radius 1 is 1.21 bits per heavy atom. The van der Waals surface area contributed by atoms with Gasteiger partial charge in [-0.3, -0.25) is 19.8 Å². The number of carbonyl (C=O) groups is 1. The first-order chi connectivity index (χ1) is 11.6. The molecule has 9 nitrogen and oxygen atoms in total. The van der Waals surface area contributed by atoms with Gasteiger partial charge < -0.3 is 14.5 Å². The highest BCUT2D eigenvalue weighted by Crippen LogP contribution is 2.25. The van der Waals surface area contributed by atoms with Gasteiger partial charge in [-0.2, -0.15) is 0 Å². The summed E-state index contributed by atoms with van der Waals surface area (Å²) in [4.78, 5) is 33.0. The molecule has 9 heteroatoms. The van der Waals surface area contributed by atoms with Gasteiger partial charge in [0.25, 0.3) is 0 Å². The summed E-state index contributed by atoms with van der Waals surface area (Å²) in [7, 11) is 0. The van der Waals surface area contributed by atoms with Gasteiger partial charge in [-0.05, 0) is 6.07 Å². The number of ether oxygens (including phenoxy) is 1. The Morgan fingerprint density at radius 2 is 1.92 bits per heavy atom. The smallest absolute Gasteiger partial charge is 0.311 e. The van der Waals surface area contributed by atoms with Gasteiger partial charge in [-0.15, -0.1) is 0 Å². The van der Waals surface area contributed by atoms with Gasteiger partial charge in [0.1, 0.15) is 0 Å². The highest BCUT2D eigenvalue weighted by atomic mass is 16.6. The van der Waals surface area contributed by atoms with Crippen molar-refractivity contribution in [3.05, 3.63) is 28.4 Å². The first kappa shape index (κ1) is 16.6. The fraction of sp³-hybridized carbons (Fsp3) is 0.600. The molecule has 0 saturated carbocycles. The number of piperazine rings is 1. The van der Waals surface area contributed by atoms with Crippen LogP contribution in [0.5, 0.6) is 0 Å². The van der Waals surface area contributed by atoms with E-state index in [0.29, 0.717) is 51.8 Å². The second-order valence-electron chi connectivity index (χ2n) is 5.86. The number of rotatable bonds is 4. The van der Waals surface area contributed by atoms with Crippen molar-refractivity contribution in [3.63, 3.8) is 0 Å². The molecular formula is C15H21N5O4. The molecule has 0 unspecified atom stereocenters. The molecule has 0 spiro atoms. The van der Waals surface area contributed by atoms with Crippen LogP contribution >= 0.6 is 0 Å². The highest BCUT2D eigenvalue weighted by molar-refractivity contribution is 5.78. The van der Waals surface area contributed by atoms with Gasteiger partial charge in [0.05, 0.1) is 24.7 Å². The van der Waals surface area contributed by atoms with Crippen molar-refractivity contribution < 1.29 is 14.5 Å². The van der Waals surface area contributed by atoms with Gasteiger partial charge >= 0.3 is 5.69 Å². The van der Waals surface area contributed by atoms with E-state index >= 15 is 0 Å². The summed E-state index contributed by atoms with van der Waals surface area (Å²) in [6.07, 6.45) is 1.55. The van der Waals surface area contributed by atoms with E-state index in [0.717, 1.165) is 13.1 Å². The van der Waals surface area contributed by atoms with Crippen LogP contribution in [0.15, 0.2) is 18.3 Å². The summed E-state index contributed by atoms with van der Waals surface area (Å²) in [5.74, 6) is 0.481. The number of morpholine rings is 1. The Bertz CT molecular complexity index is 597. The minimum atomic E-state index is -0.418. The molecule has 0 aromatic carbocycles. The predicted octanol–water partition coefficient (Wildman–Crippen LogP) is -0.0294.